The Labute approximate surface area is 265 Å². The number of amides is 1. The highest BCUT2D eigenvalue weighted by atomic mass is 32.1. The fourth-order valence-corrected chi connectivity index (χ4v) is 7.04. The number of hydrogen-bond acceptors (Lipinski definition) is 8. The van der Waals surface area contributed by atoms with E-state index in [-0.39, 0.29) is 23.6 Å². The van der Waals surface area contributed by atoms with Crippen molar-refractivity contribution >= 4 is 39.0 Å². The summed E-state index contributed by atoms with van der Waals surface area (Å²) in [6.07, 6.45) is 9.58. The molecule has 0 radical (unpaired) electrons. The molecule has 2 unspecified atom stereocenters. The molecule has 2 atom stereocenters. The van der Waals surface area contributed by atoms with Crippen molar-refractivity contribution < 1.29 is 14.5 Å². The standard InChI is InChI=1S/C34H36N6O4S/c1-34(18-24-19-35-28-11-7-6-10-27(24)28,39-33-37-30(21-45-33)22-12-14-25(15-13-22)40(42)43)32(41)38-31(23-8-4-3-5-9-23)29-17-16-26(44-2)20-36-29/h6-7,10-17,19-21,23,31,35H,3-5,8-9,18H2,1-2H3,(H,37,39)(H,38,41). The maximum absolute atomic E-state index is 14.5. The summed E-state index contributed by atoms with van der Waals surface area (Å²) >= 11 is 1.39. The van der Waals surface area contributed by atoms with Crippen LogP contribution >= 0.6 is 11.3 Å². The zero-order valence-electron chi connectivity index (χ0n) is 25.3. The van der Waals surface area contributed by atoms with Crippen LogP contribution in [0.3, 0.4) is 0 Å². The number of nitro benzene ring substituents is 1. The van der Waals surface area contributed by atoms with Crippen LogP contribution in [0.15, 0.2) is 78.4 Å². The molecule has 1 saturated carbocycles. The monoisotopic (exact) mass is 624 g/mol. The molecule has 0 aliphatic heterocycles. The number of fused-ring (bicyclic) bond motifs is 1. The Hall–Kier alpha value is -4.77. The van der Waals surface area contributed by atoms with Crippen molar-refractivity contribution in [2.75, 3.05) is 12.4 Å². The van der Waals surface area contributed by atoms with Crippen LogP contribution < -0.4 is 15.4 Å². The van der Waals surface area contributed by atoms with Gasteiger partial charge in [-0.2, -0.15) is 0 Å². The summed E-state index contributed by atoms with van der Waals surface area (Å²) in [7, 11) is 1.62. The fourth-order valence-electron chi connectivity index (χ4n) is 6.19. The molecule has 6 rings (SSSR count). The van der Waals surface area contributed by atoms with Crippen LogP contribution in [0.1, 0.15) is 56.3 Å². The van der Waals surface area contributed by atoms with Crippen molar-refractivity contribution in [3.63, 3.8) is 0 Å². The number of nitro groups is 1. The third kappa shape index (κ3) is 6.68. The number of anilines is 1. The topological polar surface area (TPSA) is 135 Å². The maximum atomic E-state index is 14.5. The summed E-state index contributed by atoms with van der Waals surface area (Å²) in [6.45, 7) is 1.91. The summed E-state index contributed by atoms with van der Waals surface area (Å²) in [4.78, 5) is 38.0. The van der Waals surface area contributed by atoms with E-state index >= 15 is 0 Å². The minimum absolute atomic E-state index is 0.0224. The van der Waals surface area contributed by atoms with E-state index in [2.05, 4.69) is 21.7 Å². The van der Waals surface area contributed by atoms with Gasteiger partial charge in [0.2, 0.25) is 5.91 Å². The summed E-state index contributed by atoms with van der Waals surface area (Å²) in [5, 5.41) is 21.5. The molecule has 2 aromatic carbocycles. The van der Waals surface area contributed by atoms with Crippen LogP contribution in [0.25, 0.3) is 22.2 Å². The number of thiazole rings is 1. The molecule has 232 valence electrons. The SMILES string of the molecule is COc1ccc(C(NC(=O)C(C)(Cc2c[nH]c3ccccc23)Nc2nc(-c3ccc([N+](=O)[O-])cc3)cs2)C2CCCCC2)nc1. The molecule has 1 aliphatic carbocycles. The Balaban J connectivity index is 1.32. The van der Waals surface area contributed by atoms with Crippen molar-refractivity contribution in [3.8, 4) is 17.0 Å². The Morgan fingerprint density at radius 2 is 1.91 bits per heavy atom. The number of para-hydroxylation sites is 1. The van der Waals surface area contributed by atoms with Crippen molar-refractivity contribution in [1.29, 1.82) is 0 Å². The predicted octanol–water partition coefficient (Wildman–Crippen LogP) is 7.45. The Morgan fingerprint density at radius 1 is 1.13 bits per heavy atom. The highest BCUT2D eigenvalue weighted by Crippen LogP contribution is 2.36. The van der Waals surface area contributed by atoms with Crippen molar-refractivity contribution in [3.05, 3.63) is 99.8 Å². The van der Waals surface area contributed by atoms with Gasteiger partial charge in [0.15, 0.2) is 5.13 Å². The first-order chi connectivity index (χ1) is 21.8. The van der Waals surface area contributed by atoms with E-state index in [1.165, 1.54) is 29.9 Å². The molecule has 3 N–H and O–H groups in total. The average molecular weight is 625 g/mol. The second-order valence-corrected chi connectivity index (χ2v) is 12.7. The number of carbonyl (C=O) groups excluding carboxylic acids is 1. The lowest BCUT2D eigenvalue weighted by Crippen LogP contribution is -2.53. The first-order valence-corrected chi connectivity index (χ1v) is 16.1. The van der Waals surface area contributed by atoms with E-state index in [1.807, 2.05) is 48.8 Å². The smallest absolute Gasteiger partial charge is 0.269 e. The highest BCUT2D eigenvalue weighted by molar-refractivity contribution is 7.14. The van der Waals surface area contributed by atoms with Crippen molar-refractivity contribution in [2.45, 2.75) is 57.0 Å². The van der Waals surface area contributed by atoms with E-state index in [9.17, 15) is 14.9 Å². The third-order valence-corrected chi connectivity index (χ3v) is 9.46. The minimum Gasteiger partial charge on any atom is -0.495 e. The molecule has 11 heteroatoms. The summed E-state index contributed by atoms with van der Waals surface area (Å²) in [6, 6.07) is 18.0. The van der Waals surface area contributed by atoms with Crippen LogP contribution in [0.2, 0.25) is 0 Å². The first kappa shape index (κ1) is 30.3. The summed E-state index contributed by atoms with van der Waals surface area (Å²) in [5.74, 6) is 0.800. The minimum atomic E-state index is -1.07. The van der Waals surface area contributed by atoms with Crippen molar-refractivity contribution in [1.82, 2.24) is 20.3 Å². The number of methoxy groups -OCH3 is 1. The van der Waals surface area contributed by atoms with Gasteiger partial charge in [-0.1, -0.05) is 37.5 Å². The molecule has 1 fully saturated rings. The third-order valence-electron chi connectivity index (χ3n) is 8.70. The van der Waals surface area contributed by atoms with E-state index in [4.69, 9.17) is 14.7 Å². The number of H-pyrrole nitrogens is 1. The normalized spacial score (nSPS) is 15.7. The van der Waals surface area contributed by atoms with Crippen LogP contribution in [-0.4, -0.2) is 38.4 Å². The summed E-state index contributed by atoms with van der Waals surface area (Å²) in [5.41, 5.74) is 3.22. The molecular formula is C34H36N6O4S. The zero-order valence-corrected chi connectivity index (χ0v) is 26.1. The molecular weight excluding hydrogens is 588 g/mol. The van der Waals surface area contributed by atoms with Gasteiger partial charge in [-0.05, 0) is 61.6 Å². The van der Waals surface area contributed by atoms with Gasteiger partial charge in [0.1, 0.15) is 11.3 Å². The van der Waals surface area contributed by atoms with Crippen molar-refractivity contribution in [2.24, 2.45) is 5.92 Å². The molecule has 0 bridgehead atoms. The van der Waals surface area contributed by atoms with Gasteiger partial charge in [0.05, 0.1) is 35.7 Å². The van der Waals surface area contributed by atoms with Crippen LogP contribution in [-0.2, 0) is 11.2 Å². The molecule has 3 aromatic heterocycles. The Morgan fingerprint density at radius 3 is 2.62 bits per heavy atom. The number of benzene rings is 2. The number of pyridine rings is 1. The number of rotatable bonds is 11. The van der Waals surface area contributed by atoms with E-state index in [0.29, 0.717) is 23.0 Å². The number of aromatic nitrogens is 3. The molecule has 5 aromatic rings. The number of non-ortho nitro benzene ring substituents is 1. The molecule has 10 nitrogen and oxygen atoms in total. The second-order valence-electron chi connectivity index (χ2n) is 11.8. The largest absolute Gasteiger partial charge is 0.495 e. The summed E-state index contributed by atoms with van der Waals surface area (Å²) < 4.78 is 5.34. The molecule has 45 heavy (non-hydrogen) atoms. The van der Waals surface area contributed by atoms with Gasteiger partial charge in [-0.25, -0.2) is 4.98 Å². The van der Waals surface area contributed by atoms with Crippen LogP contribution in [0, 0.1) is 16.0 Å². The lowest BCUT2D eigenvalue weighted by Gasteiger charge is -2.35. The highest BCUT2D eigenvalue weighted by Gasteiger charge is 2.38. The predicted molar refractivity (Wildman–Crippen MR) is 176 cm³/mol. The average Bonchev–Trinajstić information content (AvgIpc) is 3.71. The second kappa shape index (κ2) is 13.1. The Kier molecular flexibility index (Phi) is 8.79. The maximum Gasteiger partial charge on any atom is 0.269 e. The Bertz CT molecular complexity index is 1780. The van der Waals surface area contributed by atoms with Gasteiger partial charge in [0.25, 0.3) is 5.69 Å². The first-order valence-electron chi connectivity index (χ1n) is 15.2. The van der Waals surface area contributed by atoms with Gasteiger partial charge >= 0.3 is 0 Å². The quantitative estimate of drug-likeness (QED) is 0.103. The van der Waals surface area contributed by atoms with Gasteiger partial charge in [-0.3, -0.25) is 19.9 Å². The fraction of sp³-hybridized carbons (Fsp3) is 0.324. The van der Waals surface area contributed by atoms with Gasteiger partial charge < -0.3 is 20.4 Å². The molecule has 1 aliphatic rings. The number of nitrogens with zero attached hydrogens (tertiary/aromatic N) is 3. The van der Waals surface area contributed by atoms with Gasteiger partial charge in [0, 0.05) is 46.6 Å². The number of hydrogen-bond donors (Lipinski definition) is 3. The van der Waals surface area contributed by atoms with Gasteiger partial charge in [-0.15, -0.1) is 11.3 Å². The molecule has 1 amide bonds. The number of nitrogens with one attached hydrogen (secondary N) is 3. The van der Waals surface area contributed by atoms with E-state index in [1.54, 1.807) is 25.4 Å². The lowest BCUT2D eigenvalue weighted by molar-refractivity contribution is -0.384. The molecule has 3 heterocycles. The van der Waals surface area contributed by atoms with E-state index in [0.717, 1.165) is 53.4 Å². The van der Waals surface area contributed by atoms with Crippen LogP contribution in [0.4, 0.5) is 10.8 Å². The molecule has 0 saturated heterocycles. The zero-order chi connectivity index (χ0) is 31.4. The molecule has 0 spiro atoms. The number of carbonyl (C=O) groups is 1. The number of aromatic amines is 1. The van der Waals surface area contributed by atoms with Crippen LogP contribution in [0.5, 0.6) is 5.75 Å². The number of ether oxygens (including phenoxy) is 1. The van der Waals surface area contributed by atoms with E-state index < -0.39 is 10.5 Å². The lowest BCUT2D eigenvalue weighted by atomic mass is 9.81.